The minimum atomic E-state index is -3.36. The molecule has 1 aromatic rings. The fraction of sp³-hybridized carbons (Fsp3) is 0.611. The van der Waals surface area contributed by atoms with Crippen LogP contribution in [0.4, 0.5) is 0 Å². The maximum Gasteiger partial charge on any atom is 0.243 e. The van der Waals surface area contributed by atoms with E-state index in [1.807, 2.05) is 26.0 Å². The second kappa shape index (κ2) is 11.8. The average Bonchev–Trinajstić information content (AvgIpc) is 3.16. The second-order valence-corrected chi connectivity index (χ2v) is 8.39. The van der Waals surface area contributed by atoms with Crippen molar-refractivity contribution in [1.29, 1.82) is 0 Å². The van der Waals surface area contributed by atoms with Gasteiger partial charge in [-0.05, 0) is 44.4 Å². The number of rotatable bonds is 8. The van der Waals surface area contributed by atoms with E-state index in [1.165, 1.54) is 0 Å². The van der Waals surface area contributed by atoms with Gasteiger partial charge in [0.15, 0.2) is 5.96 Å². The van der Waals surface area contributed by atoms with Crippen LogP contribution in [-0.2, 0) is 21.3 Å². The summed E-state index contributed by atoms with van der Waals surface area (Å²) in [5, 5.41) is 6.47. The predicted molar refractivity (Wildman–Crippen MR) is 119 cm³/mol. The third kappa shape index (κ3) is 7.20. The van der Waals surface area contributed by atoms with Crippen LogP contribution in [0.15, 0.2) is 34.2 Å². The Hall–Kier alpha value is -0.910. The summed E-state index contributed by atoms with van der Waals surface area (Å²) in [5.74, 6) is 0.714. The summed E-state index contributed by atoms with van der Waals surface area (Å²) in [4.78, 5) is 4.91. The summed E-state index contributed by atoms with van der Waals surface area (Å²) in [6, 6.07) is 7.15. The number of halogens is 1. The van der Waals surface area contributed by atoms with Crippen molar-refractivity contribution in [1.82, 2.24) is 14.9 Å². The Bertz CT molecular complexity index is 689. The molecule has 0 saturated carbocycles. The minimum absolute atomic E-state index is 0. The van der Waals surface area contributed by atoms with Gasteiger partial charge in [0.05, 0.1) is 18.0 Å². The highest BCUT2D eigenvalue weighted by atomic mass is 127. The Kier molecular flexibility index (Phi) is 10.6. The van der Waals surface area contributed by atoms with Gasteiger partial charge in [-0.25, -0.2) is 13.4 Å². The molecule has 0 amide bonds. The minimum Gasteiger partial charge on any atom is -0.383 e. The van der Waals surface area contributed by atoms with Crippen LogP contribution >= 0.6 is 24.0 Å². The fourth-order valence-electron chi connectivity index (χ4n) is 2.86. The van der Waals surface area contributed by atoms with Crippen LogP contribution in [0.5, 0.6) is 0 Å². The van der Waals surface area contributed by atoms with E-state index >= 15 is 0 Å². The molecule has 0 aliphatic carbocycles. The molecule has 7 nitrogen and oxygen atoms in total. The van der Waals surface area contributed by atoms with Crippen LogP contribution < -0.4 is 10.6 Å². The molecule has 27 heavy (non-hydrogen) atoms. The monoisotopic (exact) mass is 510 g/mol. The first-order chi connectivity index (χ1) is 12.5. The Balaban J connectivity index is 0.00000364. The van der Waals surface area contributed by atoms with Crippen LogP contribution in [0.25, 0.3) is 0 Å². The molecule has 154 valence electrons. The van der Waals surface area contributed by atoms with Gasteiger partial charge in [-0.15, -0.1) is 24.0 Å². The lowest BCUT2D eigenvalue weighted by atomic mass is 10.2. The number of benzene rings is 1. The summed E-state index contributed by atoms with van der Waals surface area (Å²) in [6.45, 7) is 7.09. The molecule has 2 rings (SSSR count). The first-order valence-electron chi connectivity index (χ1n) is 9.10. The van der Waals surface area contributed by atoms with Gasteiger partial charge in [0.25, 0.3) is 0 Å². The highest BCUT2D eigenvalue weighted by Crippen LogP contribution is 2.21. The Morgan fingerprint density at radius 2 is 1.89 bits per heavy atom. The molecule has 0 bridgehead atoms. The van der Waals surface area contributed by atoms with E-state index in [-0.39, 0.29) is 30.0 Å². The molecule has 0 radical (unpaired) electrons. The maximum atomic E-state index is 12.5. The van der Waals surface area contributed by atoms with Gasteiger partial charge in [0.2, 0.25) is 10.0 Å². The van der Waals surface area contributed by atoms with Crippen molar-refractivity contribution in [3.05, 3.63) is 29.8 Å². The first kappa shape index (κ1) is 24.1. The topological polar surface area (TPSA) is 83.0 Å². The van der Waals surface area contributed by atoms with Crippen LogP contribution in [0.2, 0.25) is 0 Å². The normalized spacial score (nSPS) is 16.6. The number of hydrogen-bond acceptors (Lipinski definition) is 4. The van der Waals surface area contributed by atoms with Crippen molar-refractivity contribution in [2.75, 3.05) is 33.4 Å². The zero-order chi connectivity index (χ0) is 19.0. The van der Waals surface area contributed by atoms with Crippen molar-refractivity contribution in [2.45, 2.75) is 44.2 Å². The quantitative estimate of drug-likeness (QED) is 0.318. The van der Waals surface area contributed by atoms with Crippen molar-refractivity contribution < 1.29 is 13.2 Å². The Morgan fingerprint density at radius 3 is 2.44 bits per heavy atom. The molecule has 9 heteroatoms. The van der Waals surface area contributed by atoms with E-state index in [0.29, 0.717) is 37.1 Å². The molecule has 0 spiro atoms. The average molecular weight is 510 g/mol. The van der Waals surface area contributed by atoms with E-state index in [2.05, 4.69) is 15.6 Å². The van der Waals surface area contributed by atoms with Crippen LogP contribution in [-0.4, -0.2) is 58.1 Å². The molecule has 1 unspecified atom stereocenters. The fourth-order valence-corrected chi connectivity index (χ4v) is 4.38. The van der Waals surface area contributed by atoms with Gasteiger partial charge in [-0.1, -0.05) is 12.1 Å². The van der Waals surface area contributed by atoms with E-state index in [4.69, 9.17) is 4.74 Å². The van der Waals surface area contributed by atoms with Gasteiger partial charge in [-0.3, -0.25) is 0 Å². The van der Waals surface area contributed by atoms with Crippen LogP contribution in [0.3, 0.4) is 0 Å². The van der Waals surface area contributed by atoms with E-state index in [9.17, 15) is 8.42 Å². The lowest BCUT2D eigenvalue weighted by Gasteiger charge is -2.17. The highest BCUT2D eigenvalue weighted by Gasteiger charge is 2.26. The van der Waals surface area contributed by atoms with Crippen molar-refractivity contribution >= 4 is 40.0 Å². The van der Waals surface area contributed by atoms with Gasteiger partial charge in [0, 0.05) is 32.8 Å². The molecular weight excluding hydrogens is 479 g/mol. The largest absolute Gasteiger partial charge is 0.383 e. The summed E-state index contributed by atoms with van der Waals surface area (Å²) in [5.41, 5.74) is 0.960. The van der Waals surface area contributed by atoms with Crippen LogP contribution in [0, 0.1) is 0 Å². The van der Waals surface area contributed by atoms with Gasteiger partial charge in [0.1, 0.15) is 0 Å². The lowest BCUT2D eigenvalue weighted by molar-refractivity contribution is 0.179. The number of nitrogens with zero attached hydrogens (tertiary/aromatic N) is 2. The predicted octanol–water partition coefficient (Wildman–Crippen LogP) is 2.18. The molecule has 2 N–H and O–H groups in total. The van der Waals surface area contributed by atoms with Crippen molar-refractivity contribution in [3.63, 3.8) is 0 Å². The van der Waals surface area contributed by atoms with Gasteiger partial charge >= 0.3 is 0 Å². The molecule has 1 aliphatic rings. The highest BCUT2D eigenvalue weighted by molar-refractivity contribution is 14.0. The number of aliphatic imine (C=N–C) groups is 1. The third-order valence-electron chi connectivity index (χ3n) is 4.19. The zero-order valence-corrected chi connectivity index (χ0v) is 19.4. The number of guanidine groups is 1. The SMILES string of the molecule is CCNC(=NCc1ccc(S(=O)(=O)N2CCCC2)cc1)NC(C)COC.I. The van der Waals surface area contributed by atoms with Crippen LogP contribution in [0.1, 0.15) is 32.3 Å². The molecule has 1 heterocycles. The summed E-state index contributed by atoms with van der Waals surface area (Å²) in [6.07, 6.45) is 1.88. The standard InChI is InChI=1S/C18H30N4O3S.HI/c1-4-19-18(21-15(2)14-25-3)20-13-16-7-9-17(10-8-16)26(23,24)22-11-5-6-12-22;/h7-10,15H,4-6,11-14H2,1-3H3,(H2,19,20,21);1H. The van der Waals surface area contributed by atoms with Gasteiger partial charge < -0.3 is 15.4 Å². The number of sulfonamides is 1. The van der Waals surface area contributed by atoms with E-state index in [0.717, 1.165) is 24.9 Å². The molecule has 1 atom stereocenters. The molecule has 1 aliphatic heterocycles. The number of nitrogens with one attached hydrogen (secondary N) is 2. The Labute approximate surface area is 180 Å². The lowest BCUT2D eigenvalue weighted by Crippen LogP contribution is -2.43. The molecule has 1 fully saturated rings. The zero-order valence-electron chi connectivity index (χ0n) is 16.3. The summed E-state index contributed by atoms with van der Waals surface area (Å²) in [7, 11) is -1.69. The number of hydrogen-bond donors (Lipinski definition) is 2. The van der Waals surface area contributed by atoms with Gasteiger partial charge in [-0.2, -0.15) is 4.31 Å². The smallest absolute Gasteiger partial charge is 0.243 e. The number of methoxy groups -OCH3 is 1. The maximum absolute atomic E-state index is 12.5. The molecule has 0 aromatic heterocycles. The molecular formula is C18H31IN4O3S. The van der Waals surface area contributed by atoms with Crippen molar-refractivity contribution in [3.8, 4) is 0 Å². The Morgan fingerprint density at radius 1 is 1.26 bits per heavy atom. The summed E-state index contributed by atoms with van der Waals surface area (Å²) >= 11 is 0. The first-order valence-corrected chi connectivity index (χ1v) is 10.5. The molecule has 1 aromatic carbocycles. The van der Waals surface area contributed by atoms with E-state index < -0.39 is 10.0 Å². The second-order valence-electron chi connectivity index (χ2n) is 6.45. The number of ether oxygens (including phenoxy) is 1. The van der Waals surface area contributed by atoms with E-state index in [1.54, 1.807) is 23.5 Å². The van der Waals surface area contributed by atoms with Crippen molar-refractivity contribution in [2.24, 2.45) is 4.99 Å². The molecule has 1 saturated heterocycles. The summed E-state index contributed by atoms with van der Waals surface area (Å²) < 4.78 is 31.8. The third-order valence-corrected chi connectivity index (χ3v) is 6.10.